The zero-order valence-corrected chi connectivity index (χ0v) is 11.2. The van der Waals surface area contributed by atoms with E-state index in [1.165, 1.54) is 10.1 Å². The van der Waals surface area contributed by atoms with Crippen molar-refractivity contribution in [1.29, 1.82) is 0 Å². The highest BCUT2D eigenvalue weighted by molar-refractivity contribution is 7.17. The second-order valence-electron chi connectivity index (χ2n) is 4.68. The minimum Gasteiger partial charge on any atom is -0.370 e. The molecule has 0 aliphatic carbocycles. The lowest BCUT2D eigenvalue weighted by Crippen LogP contribution is -2.49. The number of rotatable bonds is 2. The van der Waals surface area contributed by atoms with Gasteiger partial charge in [-0.25, -0.2) is 4.98 Å². The normalized spacial score (nSPS) is 24.7. The number of pyridine rings is 1. The van der Waals surface area contributed by atoms with Crippen LogP contribution in [0.5, 0.6) is 0 Å². The van der Waals surface area contributed by atoms with E-state index in [4.69, 9.17) is 10.5 Å². The molecule has 1 aliphatic rings. The second kappa shape index (κ2) is 4.84. The van der Waals surface area contributed by atoms with Crippen molar-refractivity contribution in [2.75, 3.05) is 24.5 Å². The SMILES string of the molecule is CC1CN(c2nccc3sccc23)CC(CN)O1. The van der Waals surface area contributed by atoms with Gasteiger partial charge < -0.3 is 15.4 Å². The van der Waals surface area contributed by atoms with Crippen LogP contribution in [0.4, 0.5) is 5.82 Å². The number of ether oxygens (including phenoxy) is 1. The number of hydrogen-bond donors (Lipinski definition) is 1. The average molecular weight is 263 g/mol. The van der Waals surface area contributed by atoms with Crippen molar-refractivity contribution in [2.24, 2.45) is 5.73 Å². The molecule has 0 saturated carbocycles. The number of morpholine rings is 1. The standard InChI is InChI=1S/C13H17N3OS/c1-9-7-16(8-10(6-14)17-9)13-11-3-5-18-12(11)2-4-15-13/h2-5,9-10H,6-8,14H2,1H3. The van der Waals surface area contributed by atoms with Gasteiger partial charge in [-0.1, -0.05) is 0 Å². The number of fused-ring (bicyclic) bond motifs is 1. The van der Waals surface area contributed by atoms with Crippen LogP contribution in [-0.4, -0.2) is 36.8 Å². The predicted octanol–water partition coefficient (Wildman–Crippen LogP) is 1.85. The van der Waals surface area contributed by atoms with Gasteiger partial charge in [-0.2, -0.15) is 0 Å². The van der Waals surface area contributed by atoms with Crippen molar-refractivity contribution in [3.63, 3.8) is 0 Å². The van der Waals surface area contributed by atoms with Crippen LogP contribution in [0, 0.1) is 0 Å². The first-order valence-electron chi connectivity index (χ1n) is 6.20. The van der Waals surface area contributed by atoms with Gasteiger partial charge in [0.2, 0.25) is 0 Å². The molecule has 0 radical (unpaired) electrons. The summed E-state index contributed by atoms with van der Waals surface area (Å²) in [7, 11) is 0. The Balaban J connectivity index is 1.96. The first-order valence-corrected chi connectivity index (χ1v) is 7.08. The van der Waals surface area contributed by atoms with Crippen LogP contribution in [0.3, 0.4) is 0 Å². The summed E-state index contributed by atoms with van der Waals surface area (Å²) < 4.78 is 7.07. The van der Waals surface area contributed by atoms with Crippen LogP contribution in [0.15, 0.2) is 23.7 Å². The lowest BCUT2D eigenvalue weighted by Gasteiger charge is -2.37. The number of thiophene rings is 1. The Bertz CT molecular complexity index is 542. The van der Waals surface area contributed by atoms with E-state index in [1.54, 1.807) is 11.3 Å². The van der Waals surface area contributed by atoms with Gasteiger partial charge in [-0.3, -0.25) is 0 Å². The fourth-order valence-electron chi connectivity index (χ4n) is 2.48. The predicted molar refractivity (Wildman–Crippen MR) is 75.2 cm³/mol. The molecule has 1 aliphatic heterocycles. The van der Waals surface area contributed by atoms with Gasteiger partial charge in [0.25, 0.3) is 0 Å². The monoisotopic (exact) mass is 263 g/mol. The molecule has 1 fully saturated rings. The van der Waals surface area contributed by atoms with E-state index < -0.39 is 0 Å². The topological polar surface area (TPSA) is 51.4 Å². The molecular weight excluding hydrogens is 246 g/mol. The van der Waals surface area contributed by atoms with E-state index >= 15 is 0 Å². The lowest BCUT2D eigenvalue weighted by atomic mass is 10.2. The summed E-state index contributed by atoms with van der Waals surface area (Å²) in [6, 6.07) is 4.20. The Morgan fingerprint density at radius 1 is 1.50 bits per heavy atom. The van der Waals surface area contributed by atoms with Crippen LogP contribution in [0.25, 0.3) is 10.1 Å². The summed E-state index contributed by atoms with van der Waals surface area (Å²) in [5.74, 6) is 1.06. The highest BCUT2D eigenvalue weighted by Crippen LogP contribution is 2.29. The summed E-state index contributed by atoms with van der Waals surface area (Å²) in [5.41, 5.74) is 5.73. The number of nitrogens with two attached hydrogens (primary N) is 1. The Labute approximate surface area is 110 Å². The third kappa shape index (κ3) is 2.09. The number of nitrogens with zero attached hydrogens (tertiary/aromatic N) is 2. The summed E-state index contributed by atoms with van der Waals surface area (Å²) >= 11 is 1.75. The van der Waals surface area contributed by atoms with Crippen LogP contribution < -0.4 is 10.6 Å². The molecule has 0 bridgehead atoms. The quantitative estimate of drug-likeness (QED) is 0.898. The van der Waals surface area contributed by atoms with Gasteiger partial charge in [0, 0.05) is 35.9 Å². The van der Waals surface area contributed by atoms with Crippen molar-refractivity contribution < 1.29 is 4.74 Å². The molecule has 2 N–H and O–H groups in total. The fourth-order valence-corrected chi connectivity index (χ4v) is 3.26. The first-order chi connectivity index (χ1) is 8.78. The van der Waals surface area contributed by atoms with Gasteiger partial charge in [0.15, 0.2) is 0 Å². The Hall–Kier alpha value is -1.17. The summed E-state index contributed by atoms with van der Waals surface area (Å²) in [5, 5.41) is 3.34. The Kier molecular flexibility index (Phi) is 3.20. The van der Waals surface area contributed by atoms with E-state index in [0.717, 1.165) is 18.9 Å². The van der Waals surface area contributed by atoms with E-state index in [-0.39, 0.29) is 12.2 Å². The maximum absolute atomic E-state index is 5.79. The van der Waals surface area contributed by atoms with Crippen molar-refractivity contribution in [2.45, 2.75) is 19.1 Å². The zero-order chi connectivity index (χ0) is 12.5. The molecule has 1 saturated heterocycles. The second-order valence-corrected chi connectivity index (χ2v) is 5.62. The molecule has 3 rings (SSSR count). The van der Waals surface area contributed by atoms with E-state index in [1.807, 2.05) is 6.20 Å². The minimum atomic E-state index is 0.101. The molecular formula is C13H17N3OS. The summed E-state index contributed by atoms with van der Waals surface area (Å²) in [6.45, 7) is 4.34. The number of hydrogen-bond acceptors (Lipinski definition) is 5. The fraction of sp³-hybridized carbons (Fsp3) is 0.462. The third-order valence-corrected chi connectivity index (χ3v) is 4.13. The van der Waals surface area contributed by atoms with Crippen LogP contribution >= 0.6 is 11.3 Å². The van der Waals surface area contributed by atoms with Crippen molar-refractivity contribution in [1.82, 2.24) is 4.98 Å². The molecule has 3 heterocycles. The maximum atomic E-state index is 5.79. The Morgan fingerprint density at radius 2 is 2.39 bits per heavy atom. The van der Waals surface area contributed by atoms with Gasteiger partial charge in [-0.05, 0) is 24.4 Å². The van der Waals surface area contributed by atoms with Gasteiger partial charge >= 0.3 is 0 Å². The van der Waals surface area contributed by atoms with Crippen molar-refractivity contribution >= 4 is 27.2 Å². The van der Waals surface area contributed by atoms with Crippen LogP contribution in [-0.2, 0) is 4.74 Å². The lowest BCUT2D eigenvalue weighted by molar-refractivity contribution is -0.0106. The maximum Gasteiger partial charge on any atom is 0.137 e. The largest absolute Gasteiger partial charge is 0.370 e. The molecule has 0 amide bonds. The highest BCUT2D eigenvalue weighted by Gasteiger charge is 2.26. The molecule has 0 spiro atoms. The van der Waals surface area contributed by atoms with Crippen LogP contribution in [0.2, 0.25) is 0 Å². The molecule has 0 aromatic carbocycles. The zero-order valence-electron chi connectivity index (χ0n) is 10.4. The van der Waals surface area contributed by atoms with Crippen molar-refractivity contribution in [3.8, 4) is 0 Å². The molecule has 2 aromatic rings. The van der Waals surface area contributed by atoms with Gasteiger partial charge in [0.1, 0.15) is 5.82 Å². The van der Waals surface area contributed by atoms with Gasteiger partial charge in [-0.15, -0.1) is 11.3 Å². The van der Waals surface area contributed by atoms with Crippen molar-refractivity contribution in [3.05, 3.63) is 23.7 Å². The number of anilines is 1. The molecule has 96 valence electrons. The van der Waals surface area contributed by atoms with Gasteiger partial charge in [0.05, 0.1) is 12.2 Å². The number of aromatic nitrogens is 1. The molecule has 5 heteroatoms. The average Bonchev–Trinajstić information content (AvgIpc) is 2.85. The molecule has 2 unspecified atom stereocenters. The molecule has 2 aromatic heterocycles. The highest BCUT2D eigenvalue weighted by atomic mass is 32.1. The van der Waals surface area contributed by atoms with Crippen LogP contribution in [0.1, 0.15) is 6.92 Å². The molecule has 18 heavy (non-hydrogen) atoms. The smallest absolute Gasteiger partial charge is 0.137 e. The first kappa shape index (κ1) is 11.9. The van der Waals surface area contributed by atoms with E-state index in [0.29, 0.717) is 6.54 Å². The minimum absolute atomic E-state index is 0.101. The van der Waals surface area contributed by atoms with E-state index in [9.17, 15) is 0 Å². The Morgan fingerprint density at radius 3 is 3.22 bits per heavy atom. The summed E-state index contributed by atoms with van der Waals surface area (Å²) in [4.78, 5) is 6.83. The van der Waals surface area contributed by atoms with E-state index in [2.05, 4.69) is 34.3 Å². The summed E-state index contributed by atoms with van der Waals surface area (Å²) in [6.07, 6.45) is 2.18. The molecule has 2 atom stereocenters. The molecule has 4 nitrogen and oxygen atoms in total. The third-order valence-electron chi connectivity index (χ3n) is 3.25.